The maximum Gasteiger partial charge on any atom is 0.497 e. The molecular formula is C19H27BClFN2O3. The maximum absolute atomic E-state index is 15.1. The van der Waals surface area contributed by atoms with Crippen molar-refractivity contribution in [1.29, 1.82) is 0 Å². The average Bonchev–Trinajstić information content (AvgIpc) is 2.80. The van der Waals surface area contributed by atoms with E-state index in [1.807, 2.05) is 27.7 Å². The van der Waals surface area contributed by atoms with Gasteiger partial charge in [0.25, 0.3) is 0 Å². The first-order valence-corrected chi connectivity index (χ1v) is 9.19. The molecule has 1 fully saturated rings. The molecule has 0 aliphatic carbocycles. The second kappa shape index (κ2) is 8.31. The van der Waals surface area contributed by atoms with Crippen LogP contribution in [0.15, 0.2) is 23.3 Å². The largest absolute Gasteiger partial charge is 0.497 e. The van der Waals surface area contributed by atoms with Gasteiger partial charge in [-0.2, -0.15) is 0 Å². The van der Waals surface area contributed by atoms with Crippen molar-refractivity contribution in [2.24, 2.45) is 10.7 Å². The van der Waals surface area contributed by atoms with Gasteiger partial charge in [0.05, 0.1) is 29.4 Å². The van der Waals surface area contributed by atoms with Gasteiger partial charge in [0.2, 0.25) is 0 Å². The molecule has 2 rings (SSSR count). The third kappa shape index (κ3) is 4.37. The van der Waals surface area contributed by atoms with Crippen LogP contribution >= 0.6 is 11.6 Å². The number of aliphatic imine (C=N–C) groups is 1. The van der Waals surface area contributed by atoms with Crippen LogP contribution in [0, 0.1) is 5.82 Å². The van der Waals surface area contributed by atoms with E-state index in [0.29, 0.717) is 30.0 Å². The zero-order valence-corrected chi connectivity index (χ0v) is 17.5. The summed E-state index contributed by atoms with van der Waals surface area (Å²) in [6.45, 7) is 10.4. The van der Waals surface area contributed by atoms with Gasteiger partial charge in [0, 0.05) is 35.6 Å². The van der Waals surface area contributed by atoms with Crippen LogP contribution in [0.3, 0.4) is 0 Å². The summed E-state index contributed by atoms with van der Waals surface area (Å²) >= 11 is 6.34. The third-order valence-electron chi connectivity index (χ3n) is 5.11. The van der Waals surface area contributed by atoms with Crippen molar-refractivity contribution in [3.8, 4) is 0 Å². The monoisotopic (exact) mass is 396 g/mol. The number of benzene rings is 1. The Kier molecular flexibility index (Phi) is 6.74. The van der Waals surface area contributed by atoms with Crippen molar-refractivity contribution in [2.75, 3.05) is 20.3 Å². The lowest BCUT2D eigenvalue weighted by atomic mass is 9.78. The van der Waals surface area contributed by atoms with E-state index >= 15 is 4.39 Å². The summed E-state index contributed by atoms with van der Waals surface area (Å²) in [5.41, 5.74) is 6.56. The Morgan fingerprint density at radius 2 is 1.89 bits per heavy atom. The molecule has 0 aromatic heterocycles. The van der Waals surface area contributed by atoms with Crippen LogP contribution in [-0.4, -0.2) is 44.3 Å². The Labute approximate surface area is 165 Å². The van der Waals surface area contributed by atoms with Gasteiger partial charge >= 0.3 is 7.12 Å². The first-order chi connectivity index (χ1) is 12.6. The van der Waals surface area contributed by atoms with Crippen molar-refractivity contribution in [2.45, 2.75) is 45.8 Å². The van der Waals surface area contributed by atoms with E-state index in [4.69, 9.17) is 31.4 Å². The summed E-state index contributed by atoms with van der Waals surface area (Å²) in [6, 6.07) is 3.32. The first-order valence-electron chi connectivity index (χ1n) is 8.82. The molecule has 0 radical (unpaired) electrons. The molecule has 0 amide bonds. The normalized spacial score (nSPS) is 19.6. The zero-order valence-electron chi connectivity index (χ0n) is 16.7. The third-order valence-corrected chi connectivity index (χ3v) is 5.48. The smallest absolute Gasteiger partial charge is 0.404 e. The minimum Gasteiger partial charge on any atom is -0.404 e. The quantitative estimate of drug-likeness (QED) is 0.455. The van der Waals surface area contributed by atoms with Crippen LogP contribution in [0.25, 0.3) is 5.57 Å². The Morgan fingerprint density at radius 1 is 1.30 bits per heavy atom. The van der Waals surface area contributed by atoms with Gasteiger partial charge in [-0.05, 0) is 34.6 Å². The lowest BCUT2D eigenvalue weighted by Crippen LogP contribution is -2.41. The fourth-order valence-corrected chi connectivity index (χ4v) is 2.99. The highest BCUT2D eigenvalue weighted by Crippen LogP contribution is 2.37. The summed E-state index contributed by atoms with van der Waals surface area (Å²) < 4.78 is 31.9. The number of nitrogens with two attached hydrogens (primary N) is 1. The summed E-state index contributed by atoms with van der Waals surface area (Å²) in [5, 5.41) is -0.0415. The molecule has 0 spiro atoms. The van der Waals surface area contributed by atoms with Gasteiger partial charge in [-0.15, -0.1) is 0 Å². The number of methoxy groups -OCH3 is 1. The van der Waals surface area contributed by atoms with Crippen molar-refractivity contribution in [3.05, 3.63) is 34.7 Å². The molecule has 0 bridgehead atoms. The fourth-order valence-electron chi connectivity index (χ4n) is 2.72. The van der Waals surface area contributed by atoms with E-state index < -0.39 is 24.1 Å². The highest BCUT2D eigenvalue weighted by Gasteiger charge is 2.52. The van der Waals surface area contributed by atoms with Crippen LogP contribution in [0.1, 0.15) is 40.2 Å². The van der Waals surface area contributed by atoms with Gasteiger partial charge in [0.1, 0.15) is 5.82 Å². The second-order valence-electron chi connectivity index (χ2n) is 7.46. The predicted molar refractivity (Wildman–Crippen MR) is 109 cm³/mol. The van der Waals surface area contributed by atoms with Crippen molar-refractivity contribution in [1.82, 2.24) is 0 Å². The first kappa shape index (κ1) is 21.9. The van der Waals surface area contributed by atoms with E-state index in [1.54, 1.807) is 26.2 Å². The topological polar surface area (TPSA) is 66.1 Å². The molecule has 1 aromatic carbocycles. The lowest BCUT2D eigenvalue weighted by Gasteiger charge is -2.32. The fraction of sp³-hybridized carbons (Fsp3) is 0.526. The standard InChI is InChI=1S/C19H27BClFN2O3/c1-12(24-9-10-25-6)14(11-23)13-7-8-15(17(22)16(13)21)20-26-18(2,3)19(4,5)27-20/h7-8,11H,9-10,23H2,1-6H3/b14-11+,24-12?. The molecule has 1 aliphatic heterocycles. The molecule has 0 unspecified atom stereocenters. The Hall–Kier alpha value is -1.41. The van der Waals surface area contributed by atoms with Crippen molar-refractivity contribution >= 4 is 35.5 Å². The minimum absolute atomic E-state index is 0.0415. The average molecular weight is 397 g/mol. The lowest BCUT2D eigenvalue weighted by molar-refractivity contribution is 0.00578. The number of nitrogens with zero attached hydrogens (tertiary/aromatic N) is 1. The van der Waals surface area contributed by atoms with Gasteiger partial charge in [0.15, 0.2) is 0 Å². The molecule has 1 aromatic rings. The van der Waals surface area contributed by atoms with Crippen molar-refractivity contribution in [3.63, 3.8) is 0 Å². The number of rotatable bonds is 6. The van der Waals surface area contributed by atoms with E-state index in [9.17, 15) is 0 Å². The van der Waals surface area contributed by atoms with E-state index in [2.05, 4.69) is 4.99 Å². The summed E-state index contributed by atoms with van der Waals surface area (Å²) in [6.07, 6.45) is 1.38. The van der Waals surface area contributed by atoms with Crippen LogP contribution in [0.5, 0.6) is 0 Å². The van der Waals surface area contributed by atoms with Gasteiger partial charge in [-0.1, -0.05) is 23.7 Å². The highest BCUT2D eigenvalue weighted by molar-refractivity contribution is 6.62. The van der Waals surface area contributed by atoms with E-state index in [0.717, 1.165) is 0 Å². The Balaban J connectivity index is 2.36. The van der Waals surface area contributed by atoms with Gasteiger partial charge < -0.3 is 19.8 Å². The summed E-state index contributed by atoms with van der Waals surface area (Å²) in [5.74, 6) is -0.586. The van der Waals surface area contributed by atoms with Gasteiger partial charge in [-0.3, -0.25) is 4.99 Å². The molecule has 148 valence electrons. The molecular weight excluding hydrogens is 369 g/mol. The molecule has 1 aliphatic rings. The summed E-state index contributed by atoms with van der Waals surface area (Å²) in [4.78, 5) is 4.38. The SMILES string of the molecule is COCCN=C(C)/C(=C\N)c1ccc(B2OC(C)(C)C(C)(C)O2)c(F)c1Cl. The molecule has 2 N–H and O–H groups in total. The van der Waals surface area contributed by atoms with Crippen LogP contribution in [0.4, 0.5) is 4.39 Å². The van der Waals surface area contributed by atoms with Crippen LogP contribution in [-0.2, 0) is 14.0 Å². The molecule has 1 heterocycles. The predicted octanol–water partition coefficient (Wildman–Crippen LogP) is 3.19. The maximum atomic E-state index is 15.1. The molecule has 5 nitrogen and oxygen atoms in total. The highest BCUT2D eigenvalue weighted by atomic mass is 35.5. The minimum atomic E-state index is -0.830. The van der Waals surface area contributed by atoms with E-state index in [-0.39, 0.29) is 10.5 Å². The number of ether oxygens (including phenoxy) is 1. The van der Waals surface area contributed by atoms with Crippen LogP contribution < -0.4 is 11.2 Å². The molecule has 0 saturated carbocycles. The molecule has 1 saturated heterocycles. The van der Waals surface area contributed by atoms with Crippen molar-refractivity contribution < 1.29 is 18.4 Å². The Morgan fingerprint density at radius 3 is 2.41 bits per heavy atom. The number of hydrogen-bond donors (Lipinski definition) is 1. The van der Waals surface area contributed by atoms with Gasteiger partial charge in [-0.25, -0.2) is 4.39 Å². The number of halogens is 2. The summed E-state index contributed by atoms with van der Waals surface area (Å²) in [7, 11) is 0.772. The molecule has 0 atom stereocenters. The van der Waals surface area contributed by atoms with Crippen LogP contribution in [0.2, 0.25) is 5.02 Å². The molecule has 27 heavy (non-hydrogen) atoms. The Bertz CT molecular complexity index is 750. The zero-order chi connectivity index (χ0) is 20.4. The van der Waals surface area contributed by atoms with E-state index in [1.165, 1.54) is 6.20 Å². The second-order valence-corrected chi connectivity index (χ2v) is 7.84. The molecule has 8 heteroatoms. The number of allylic oxidation sites excluding steroid dienone is 1. The number of hydrogen-bond acceptors (Lipinski definition) is 5.